The van der Waals surface area contributed by atoms with Crippen molar-refractivity contribution < 1.29 is 37.7 Å². The van der Waals surface area contributed by atoms with E-state index in [1.807, 2.05) is 0 Å². The molecular weight excluding hydrogens is 374 g/mol. The maximum atomic E-state index is 4.15. The molecule has 4 unspecified atom stereocenters. The van der Waals surface area contributed by atoms with Crippen LogP contribution in [0, 0.1) is 25.7 Å². The molecule has 0 bridgehead atoms. The van der Waals surface area contributed by atoms with Crippen LogP contribution in [0.3, 0.4) is 0 Å². The Kier molecular flexibility index (Phi) is 13.4. The monoisotopic (exact) mass is 410 g/mol. The Bertz CT molecular complexity index is 805. The molecule has 0 nitrogen and oxygen atoms in total. The van der Waals surface area contributed by atoms with Crippen LogP contribution in [-0.2, 0) is 0 Å². The van der Waals surface area contributed by atoms with Gasteiger partial charge in [0.1, 0.15) is 0 Å². The van der Waals surface area contributed by atoms with Crippen molar-refractivity contribution in [3.63, 3.8) is 0 Å². The van der Waals surface area contributed by atoms with Crippen LogP contribution in [0.1, 0.15) is 73.6 Å². The zero-order valence-electron chi connectivity index (χ0n) is 20.6. The van der Waals surface area contributed by atoms with E-state index in [1.165, 1.54) is 22.3 Å². The minimum Gasteiger partial charge on any atom is -0.343 e. The summed E-state index contributed by atoms with van der Waals surface area (Å²) in [4.78, 5) is 0. The van der Waals surface area contributed by atoms with Crippen LogP contribution in [0.4, 0.5) is 0 Å². The van der Waals surface area contributed by atoms with Gasteiger partial charge in [0.15, 0.2) is 0 Å². The van der Waals surface area contributed by atoms with E-state index in [4.69, 9.17) is 0 Å². The second-order valence-electron chi connectivity index (χ2n) is 8.86. The van der Waals surface area contributed by atoms with Crippen molar-refractivity contribution in [2.45, 2.75) is 51.4 Å². The summed E-state index contributed by atoms with van der Waals surface area (Å²) in [6.45, 7) is 12.9. The second kappa shape index (κ2) is 14.9. The molecule has 3 rings (SSSR count). The van der Waals surface area contributed by atoms with Gasteiger partial charge in [-0.25, -0.2) is 0 Å². The van der Waals surface area contributed by atoms with Crippen LogP contribution in [-0.4, -0.2) is 0 Å². The summed E-state index contributed by atoms with van der Waals surface area (Å²) in [6.07, 6.45) is 4.19. The number of rotatable bonds is 10. The number of benzene rings is 3. The van der Waals surface area contributed by atoms with E-state index in [0.29, 0.717) is 23.7 Å². The smallest absolute Gasteiger partial charge is 0.343 e. The van der Waals surface area contributed by atoms with Gasteiger partial charge in [-0.2, -0.15) is 12.8 Å². The molecule has 0 saturated heterocycles. The van der Waals surface area contributed by atoms with Crippen LogP contribution < -0.4 is 37.7 Å². The molecule has 0 aromatic heterocycles. The fraction of sp³-hybridized carbons (Fsp3) is 0.333. The predicted octanol–water partition coefficient (Wildman–Crippen LogP) is 2.46. The van der Waals surface area contributed by atoms with Crippen molar-refractivity contribution >= 4 is 0 Å². The molecule has 158 valence electrons. The van der Waals surface area contributed by atoms with Gasteiger partial charge < -0.3 is 13.8 Å². The van der Waals surface area contributed by atoms with Gasteiger partial charge in [-0.15, -0.1) is 0 Å². The van der Waals surface area contributed by atoms with Gasteiger partial charge in [-0.1, -0.05) is 111 Å². The normalized spacial score (nSPS) is 14.4. The largest absolute Gasteiger partial charge is 1.00 e. The SMILES string of the molecule is [CH2-]CC(C)CC(c1ccccc1)c1cccc(C(CC(C)C[CH2-])c2ccccc2)c1.[Li+].[Li+]. The van der Waals surface area contributed by atoms with E-state index in [0.717, 1.165) is 25.7 Å². The molecule has 0 aliphatic heterocycles. The minimum absolute atomic E-state index is 0. The first-order chi connectivity index (χ1) is 14.6. The zero-order valence-corrected chi connectivity index (χ0v) is 20.6. The Balaban J connectivity index is 0.00000256. The standard InChI is InChI=1S/C30H36.2Li/c1-5-23(3)20-29(25-14-9-7-10-15-25)27-18-13-19-28(22-27)30(21-24(4)6-2)26-16-11-8-12-17-26;;/h7-19,22-24,29-30H,1-2,5-6,20-21H2,3-4H3;;/q-2;2*+1. The fourth-order valence-corrected chi connectivity index (χ4v) is 4.33. The van der Waals surface area contributed by atoms with E-state index in [2.05, 4.69) is 113 Å². The van der Waals surface area contributed by atoms with Crippen molar-refractivity contribution in [1.29, 1.82) is 0 Å². The molecule has 0 radical (unpaired) electrons. The Hall–Kier alpha value is -1.15. The Labute approximate surface area is 221 Å². The Morgan fingerprint density at radius 1 is 0.531 bits per heavy atom. The van der Waals surface area contributed by atoms with Crippen molar-refractivity contribution in [2.24, 2.45) is 11.8 Å². The molecule has 3 aromatic carbocycles. The third kappa shape index (κ3) is 8.01. The molecule has 0 heterocycles. The van der Waals surface area contributed by atoms with Crippen LogP contribution in [0.25, 0.3) is 0 Å². The summed E-state index contributed by atoms with van der Waals surface area (Å²) in [5, 5.41) is 0. The fourth-order valence-electron chi connectivity index (χ4n) is 4.33. The molecule has 32 heavy (non-hydrogen) atoms. The van der Waals surface area contributed by atoms with Crippen molar-refractivity contribution in [1.82, 2.24) is 0 Å². The van der Waals surface area contributed by atoms with Gasteiger partial charge in [0.2, 0.25) is 0 Å². The summed E-state index contributed by atoms with van der Waals surface area (Å²) in [6, 6.07) is 31.2. The maximum Gasteiger partial charge on any atom is 1.00 e. The average molecular weight is 411 g/mol. The first-order valence-corrected chi connectivity index (χ1v) is 11.4. The van der Waals surface area contributed by atoms with Gasteiger partial charge in [0.05, 0.1) is 0 Å². The van der Waals surface area contributed by atoms with Gasteiger partial charge in [-0.3, -0.25) is 0 Å². The van der Waals surface area contributed by atoms with E-state index in [1.54, 1.807) is 0 Å². The van der Waals surface area contributed by atoms with Crippen molar-refractivity contribution in [2.75, 3.05) is 0 Å². The number of hydrogen-bond acceptors (Lipinski definition) is 0. The quantitative estimate of drug-likeness (QED) is 0.356. The van der Waals surface area contributed by atoms with Crippen molar-refractivity contribution in [3.05, 3.63) is 121 Å². The second-order valence-corrected chi connectivity index (χ2v) is 8.86. The van der Waals surface area contributed by atoms with Crippen LogP contribution in [0.5, 0.6) is 0 Å². The van der Waals surface area contributed by atoms with Gasteiger partial charge in [0.25, 0.3) is 0 Å². The van der Waals surface area contributed by atoms with E-state index >= 15 is 0 Å². The van der Waals surface area contributed by atoms with Crippen molar-refractivity contribution in [3.8, 4) is 0 Å². The molecule has 0 saturated carbocycles. The van der Waals surface area contributed by atoms with Crippen LogP contribution in [0.2, 0.25) is 0 Å². The molecule has 0 fully saturated rings. The maximum absolute atomic E-state index is 4.15. The molecule has 0 amide bonds. The zero-order chi connectivity index (χ0) is 21.3. The van der Waals surface area contributed by atoms with Crippen LogP contribution in [0.15, 0.2) is 84.9 Å². The van der Waals surface area contributed by atoms with E-state index < -0.39 is 0 Å². The summed E-state index contributed by atoms with van der Waals surface area (Å²) in [5.74, 6) is 2.00. The molecule has 0 N–H and O–H groups in total. The first-order valence-electron chi connectivity index (χ1n) is 11.4. The van der Waals surface area contributed by atoms with Crippen LogP contribution >= 0.6 is 0 Å². The topological polar surface area (TPSA) is 0 Å². The summed E-state index contributed by atoms with van der Waals surface area (Å²) >= 11 is 0. The van der Waals surface area contributed by atoms with Gasteiger partial charge >= 0.3 is 37.7 Å². The van der Waals surface area contributed by atoms with E-state index in [9.17, 15) is 0 Å². The molecule has 0 aliphatic rings. The molecule has 3 aromatic rings. The molecule has 2 heteroatoms. The summed E-state index contributed by atoms with van der Waals surface area (Å²) in [5.41, 5.74) is 5.64. The average Bonchev–Trinajstić information content (AvgIpc) is 2.81. The Morgan fingerprint density at radius 3 is 1.22 bits per heavy atom. The summed E-state index contributed by atoms with van der Waals surface area (Å²) < 4.78 is 0. The molecular formula is C30H36Li2. The van der Waals surface area contributed by atoms with Gasteiger partial charge in [0, 0.05) is 11.8 Å². The summed E-state index contributed by atoms with van der Waals surface area (Å²) in [7, 11) is 0. The third-order valence-corrected chi connectivity index (χ3v) is 6.38. The number of hydrogen-bond donors (Lipinski definition) is 0. The first kappa shape index (κ1) is 28.9. The molecule has 0 spiro atoms. The van der Waals surface area contributed by atoms with E-state index in [-0.39, 0.29) is 37.7 Å². The third-order valence-electron chi connectivity index (χ3n) is 6.38. The minimum atomic E-state index is 0. The molecule has 0 aliphatic carbocycles. The Morgan fingerprint density at radius 2 is 0.875 bits per heavy atom. The predicted molar refractivity (Wildman–Crippen MR) is 131 cm³/mol. The van der Waals surface area contributed by atoms with Gasteiger partial charge in [-0.05, 0) is 35.1 Å². The molecule has 4 atom stereocenters.